The zero-order valence-corrected chi connectivity index (χ0v) is 16.7. The Hall–Kier alpha value is -3.61. The second-order valence-electron chi connectivity index (χ2n) is 6.62. The molecule has 0 saturated heterocycles. The molecule has 0 aliphatic rings. The standard InChI is InChI=1S/C22H22N2O5/c1-14(2)15-5-7-16(8-6-15)24-21(25)20(19(13-23-24)22(26)28-4)29-18-11-9-17(27-3)10-12-18/h5-14H,1-4H3. The van der Waals surface area contributed by atoms with Crippen molar-refractivity contribution in [3.63, 3.8) is 0 Å². The van der Waals surface area contributed by atoms with Gasteiger partial charge in [-0.15, -0.1) is 0 Å². The van der Waals surface area contributed by atoms with Crippen LogP contribution in [0.4, 0.5) is 0 Å². The van der Waals surface area contributed by atoms with Gasteiger partial charge in [0, 0.05) is 0 Å². The number of ether oxygens (including phenoxy) is 3. The molecule has 7 heteroatoms. The van der Waals surface area contributed by atoms with Crippen molar-refractivity contribution in [3.8, 4) is 22.9 Å². The lowest BCUT2D eigenvalue weighted by atomic mass is 10.0. The van der Waals surface area contributed by atoms with Crippen LogP contribution in [0.3, 0.4) is 0 Å². The number of nitrogens with zero attached hydrogens (tertiary/aromatic N) is 2. The average Bonchev–Trinajstić information content (AvgIpc) is 2.75. The summed E-state index contributed by atoms with van der Waals surface area (Å²) in [6.07, 6.45) is 1.27. The van der Waals surface area contributed by atoms with Gasteiger partial charge in [-0.1, -0.05) is 26.0 Å². The molecule has 0 atom stereocenters. The van der Waals surface area contributed by atoms with Crippen LogP contribution in [0.5, 0.6) is 17.2 Å². The minimum Gasteiger partial charge on any atom is -0.497 e. The van der Waals surface area contributed by atoms with Crippen molar-refractivity contribution < 1.29 is 19.0 Å². The molecule has 3 rings (SSSR count). The van der Waals surface area contributed by atoms with Crippen LogP contribution in [0.2, 0.25) is 0 Å². The van der Waals surface area contributed by atoms with E-state index in [0.29, 0.717) is 23.1 Å². The molecule has 2 aromatic carbocycles. The molecule has 3 aromatic rings. The van der Waals surface area contributed by atoms with Crippen LogP contribution in [0.25, 0.3) is 5.69 Å². The Kier molecular flexibility index (Phi) is 5.97. The highest BCUT2D eigenvalue weighted by Crippen LogP contribution is 2.25. The first-order valence-corrected chi connectivity index (χ1v) is 9.07. The lowest BCUT2D eigenvalue weighted by molar-refractivity contribution is 0.0596. The van der Waals surface area contributed by atoms with E-state index < -0.39 is 11.5 Å². The smallest absolute Gasteiger partial charge is 0.343 e. The molecule has 0 aliphatic heterocycles. The van der Waals surface area contributed by atoms with Gasteiger partial charge in [0.2, 0.25) is 5.75 Å². The van der Waals surface area contributed by atoms with Crippen molar-refractivity contribution in [3.05, 3.63) is 76.2 Å². The maximum absolute atomic E-state index is 13.1. The summed E-state index contributed by atoms with van der Waals surface area (Å²) < 4.78 is 16.8. The zero-order valence-electron chi connectivity index (χ0n) is 16.7. The molecule has 0 amide bonds. The van der Waals surface area contributed by atoms with Crippen molar-refractivity contribution in [1.82, 2.24) is 9.78 Å². The highest BCUT2D eigenvalue weighted by atomic mass is 16.5. The number of esters is 1. The molecule has 0 fully saturated rings. The summed E-state index contributed by atoms with van der Waals surface area (Å²) >= 11 is 0. The van der Waals surface area contributed by atoms with Crippen LogP contribution in [0.15, 0.2) is 59.5 Å². The maximum Gasteiger partial charge on any atom is 0.343 e. The van der Waals surface area contributed by atoms with Gasteiger partial charge in [-0.2, -0.15) is 9.78 Å². The lowest BCUT2D eigenvalue weighted by Crippen LogP contribution is -2.25. The van der Waals surface area contributed by atoms with E-state index in [1.807, 2.05) is 12.1 Å². The molecule has 1 aromatic heterocycles. The molecule has 29 heavy (non-hydrogen) atoms. The number of aromatic nitrogens is 2. The monoisotopic (exact) mass is 394 g/mol. The van der Waals surface area contributed by atoms with Gasteiger partial charge in [0.1, 0.15) is 17.1 Å². The predicted octanol–water partition coefficient (Wildman–Crippen LogP) is 3.94. The Morgan fingerprint density at radius 2 is 1.59 bits per heavy atom. The molecule has 7 nitrogen and oxygen atoms in total. The fourth-order valence-electron chi connectivity index (χ4n) is 2.74. The van der Waals surface area contributed by atoms with Crippen LogP contribution < -0.4 is 15.0 Å². The fourth-order valence-corrected chi connectivity index (χ4v) is 2.74. The van der Waals surface area contributed by atoms with Gasteiger partial charge in [-0.25, -0.2) is 4.79 Å². The highest BCUT2D eigenvalue weighted by Gasteiger charge is 2.21. The molecular formula is C22H22N2O5. The third-order valence-corrected chi connectivity index (χ3v) is 4.42. The molecule has 1 heterocycles. The molecule has 0 radical (unpaired) electrons. The largest absolute Gasteiger partial charge is 0.497 e. The van der Waals surface area contributed by atoms with Crippen molar-refractivity contribution >= 4 is 5.97 Å². The van der Waals surface area contributed by atoms with Crippen molar-refractivity contribution in [2.24, 2.45) is 0 Å². The molecule has 0 N–H and O–H groups in total. The van der Waals surface area contributed by atoms with E-state index in [2.05, 4.69) is 18.9 Å². The van der Waals surface area contributed by atoms with E-state index in [1.165, 1.54) is 18.0 Å². The first kappa shape index (κ1) is 20.1. The molecular weight excluding hydrogens is 372 g/mol. The Balaban J connectivity index is 2.07. The third-order valence-electron chi connectivity index (χ3n) is 4.42. The van der Waals surface area contributed by atoms with E-state index in [1.54, 1.807) is 43.5 Å². The van der Waals surface area contributed by atoms with Crippen LogP contribution >= 0.6 is 0 Å². The first-order valence-electron chi connectivity index (χ1n) is 9.07. The number of carbonyl (C=O) groups is 1. The quantitative estimate of drug-likeness (QED) is 0.589. The number of rotatable bonds is 6. The van der Waals surface area contributed by atoms with E-state index in [9.17, 15) is 9.59 Å². The summed E-state index contributed by atoms with van der Waals surface area (Å²) in [5.74, 6) is 0.513. The number of carbonyl (C=O) groups excluding carboxylic acids is 1. The van der Waals surface area contributed by atoms with Gasteiger partial charge in [0.15, 0.2) is 0 Å². The Morgan fingerprint density at radius 1 is 0.966 bits per heavy atom. The summed E-state index contributed by atoms with van der Waals surface area (Å²) in [7, 11) is 2.78. The molecule has 0 saturated carbocycles. The van der Waals surface area contributed by atoms with Crippen LogP contribution in [0, 0.1) is 0 Å². The van der Waals surface area contributed by atoms with Gasteiger partial charge in [-0.3, -0.25) is 4.79 Å². The predicted molar refractivity (Wildman–Crippen MR) is 108 cm³/mol. The molecule has 150 valence electrons. The minimum atomic E-state index is -0.708. The van der Waals surface area contributed by atoms with E-state index in [0.717, 1.165) is 5.56 Å². The number of methoxy groups -OCH3 is 2. The van der Waals surface area contributed by atoms with Gasteiger partial charge in [0.05, 0.1) is 26.1 Å². The summed E-state index contributed by atoms with van der Waals surface area (Å²) in [6.45, 7) is 4.18. The number of benzene rings is 2. The van der Waals surface area contributed by atoms with Gasteiger partial charge in [0.25, 0.3) is 0 Å². The van der Waals surface area contributed by atoms with Crippen molar-refractivity contribution in [2.45, 2.75) is 19.8 Å². The Morgan fingerprint density at radius 3 is 2.14 bits per heavy atom. The second-order valence-corrected chi connectivity index (χ2v) is 6.62. The Labute approximate surface area is 168 Å². The number of hydrogen-bond acceptors (Lipinski definition) is 6. The molecule has 0 bridgehead atoms. The average molecular weight is 394 g/mol. The topological polar surface area (TPSA) is 79.7 Å². The van der Waals surface area contributed by atoms with E-state index in [4.69, 9.17) is 14.2 Å². The fraction of sp³-hybridized carbons (Fsp3) is 0.227. The van der Waals surface area contributed by atoms with Crippen molar-refractivity contribution in [2.75, 3.05) is 14.2 Å². The van der Waals surface area contributed by atoms with E-state index in [-0.39, 0.29) is 11.3 Å². The van der Waals surface area contributed by atoms with Gasteiger partial charge >= 0.3 is 11.5 Å². The van der Waals surface area contributed by atoms with Crippen molar-refractivity contribution in [1.29, 1.82) is 0 Å². The summed E-state index contributed by atoms with van der Waals surface area (Å²) in [4.78, 5) is 25.2. The normalized spacial score (nSPS) is 10.7. The molecule has 0 unspecified atom stereocenters. The first-order chi connectivity index (χ1) is 13.9. The minimum absolute atomic E-state index is 0.0524. The summed E-state index contributed by atoms with van der Waals surface area (Å²) in [5, 5.41) is 4.13. The van der Waals surface area contributed by atoms with Gasteiger partial charge < -0.3 is 14.2 Å². The van der Waals surface area contributed by atoms with Gasteiger partial charge in [-0.05, 0) is 47.9 Å². The Bertz CT molecular complexity index is 1050. The highest BCUT2D eigenvalue weighted by molar-refractivity contribution is 5.92. The lowest BCUT2D eigenvalue weighted by Gasteiger charge is -2.13. The second kappa shape index (κ2) is 8.60. The van der Waals surface area contributed by atoms with Crippen LogP contribution in [-0.4, -0.2) is 30.0 Å². The number of hydrogen-bond donors (Lipinski definition) is 0. The van der Waals surface area contributed by atoms with E-state index >= 15 is 0 Å². The molecule has 0 aliphatic carbocycles. The zero-order chi connectivity index (χ0) is 21.0. The SMILES string of the molecule is COC(=O)c1cnn(-c2ccc(C(C)C)cc2)c(=O)c1Oc1ccc(OC)cc1. The van der Waals surface area contributed by atoms with Crippen LogP contribution in [-0.2, 0) is 4.74 Å². The van der Waals surface area contributed by atoms with Crippen LogP contribution in [0.1, 0.15) is 35.7 Å². The maximum atomic E-state index is 13.1. The summed E-state index contributed by atoms with van der Waals surface area (Å²) in [5.41, 5.74) is 1.09. The molecule has 0 spiro atoms. The summed E-state index contributed by atoms with van der Waals surface area (Å²) in [6, 6.07) is 14.1. The third kappa shape index (κ3) is 4.29.